The molecule has 0 atom stereocenters. The number of hydrogen-bond donors (Lipinski definition) is 1. The van der Waals surface area contributed by atoms with Crippen molar-refractivity contribution in [1.29, 1.82) is 0 Å². The molecule has 2 rings (SSSR count). The summed E-state index contributed by atoms with van der Waals surface area (Å²) in [6.45, 7) is -0.371. The maximum atomic E-state index is 10.2. The molecule has 0 saturated carbocycles. The molecule has 0 fully saturated rings. The van der Waals surface area contributed by atoms with E-state index in [4.69, 9.17) is 25.9 Å². The Bertz CT molecular complexity index is 523. The first-order chi connectivity index (χ1) is 7.66. The lowest BCUT2D eigenvalue weighted by Crippen LogP contribution is -2.06. The van der Waals surface area contributed by atoms with E-state index in [1.807, 2.05) is 0 Å². The first-order valence-electron chi connectivity index (χ1n) is 4.50. The number of carboxylic acids is 1. The Morgan fingerprint density at radius 3 is 3.06 bits per heavy atom. The highest BCUT2D eigenvalue weighted by Crippen LogP contribution is 2.24. The lowest BCUT2D eigenvalue weighted by molar-refractivity contribution is -0.142. The smallest absolute Gasteiger partial charge is 0.329 e. The van der Waals surface area contributed by atoms with Gasteiger partial charge in [-0.1, -0.05) is 17.7 Å². The third-order valence-electron chi connectivity index (χ3n) is 1.86. The van der Waals surface area contributed by atoms with Crippen molar-refractivity contribution in [3.05, 3.63) is 29.1 Å². The Morgan fingerprint density at radius 1 is 1.56 bits per heavy atom. The summed E-state index contributed by atoms with van der Waals surface area (Å²) in [5, 5.41) is 8.85. The van der Waals surface area contributed by atoms with E-state index < -0.39 is 5.97 Å². The molecule has 0 radical (unpaired) electrons. The number of ether oxygens (including phenoxy) is 1. The summed E-state index contributed by atoms with van der Waals surface area (Å²) in [6.07, 6.45) is 0. The summed E-state index contributed by atoms with van der Waals surface area (Å²) in [4.78, 5) is 14.3. The van der Waals surface area contributed by atoms with Gasteiger partial charge < -0.3 is 14.3 Å². The molecule has 2 aromatic rings. The van der Waals surface area contributed by atoms with Crippen molar-refractivity contribution in [3.8, 4) is 0 Å². The van der Waals surface area contributed by atoms with E-state index in [1.54, 1.807) is 18.2 Å². The van der Waals surface area contributed by atoms with E-state index in [9.17, 15) is 4.79 Å². The lowest BCUT2D eigenvalue weighted by atomic mass is 10.3. The minimum atomic E-state index is -1.03. The number of para-hydroxylation sites is 1. The molecule has 1 N–H and O–H groups in total. The number of benzene rings is 1. The number of aromatic nitrogens is 1. The van der Waals surface area contributed by atoms with Crippen LogP contribution in [0.4, 0.5) is 0 Å². The van der Waals surface area contributed by atoms with E-state index >= 15 is 0 Å². The van der Waals surface area contributed by atoms with Gasteiger partial charge in [0, 0.05) is 0 Å². The molecule has 6 heteroatoms. The number of oxazole rings is 1. The molecule has 1 heterocycles. The average molecular weight is 242 g/mol. The molecule has 0 aliphatic carbocycles. The molecule has 5 nitrogen and oxygen atoms in total. The van der Waals surface area contributed by atoms with E-state index in [0.29, 0.717) is 22.0 Å². The fourth-order valence-corrected chi connectivity index (χ4v) is 1.46. The topological polar surface area (TPSA) is 72.6 Å². The standard InChI is InChI=1S/C10H8ClNO4/c11-6-2-1-3-7-10(6)16-8(12-7)4-15-5-9(13)14/h1-3H,4-5H2,(H,13,14). The molecule has 0 unspecified atom stereocenters. The summed E-state index contributed by atoms with van der Waals surface area (Å²) in [5.41, 5.74) is 1.11. The molecule has 1 aromatic carbocycles. The van der Waals surface area contributed by atoms with Crippen molar-refractivity contribution in [2.75, 3.05) is 6.61 Å². The zero-order valence-electron chi connectivity index (χ0n) is 8.14. The molecule has 0 aliphatic heterocycles. The van der Waals surface area contributed by atoms with E-state index in [0.717, 1.165) is 0 Å². The Kier molecular flexibility index (Phi) is 3.07. The van der Waals surface area contributed by atoms with Gasteiger partial charge in [0.25, 0.3) is 0 Å². The molecule has 16 heavy (non-hydrogen) atoms. The van der Waals surface area contributed by atoms with Gasteiger partial charge in [-0.15, -0.1) is 0 Å². The van der Waals surface area contributed by atoms with E-state index in [1.165, 1.54) is 0 Å². The van der Waals surface area contributed by atoms with Gasteiger partial charge in [0.15, 0.2) is 5.58 Å². The van der Waals surface area contributed by atoms with Crippen LogP contribution in [0.15, 0.2) is 22.6 Å². The van der Waals surface area contributed by atoms with Crippen LogP contribution in [0.3, 0.4) is 0 Å². The van der Waals surface area contributed by atoms with Crippen molar-refractivity contribution >= 4 is 28.7 Å². The van der Waals surface area contributed by atoms with Crippen LogP contribution in [0, 0.1) is 0 Å². The minimum absolute atomic E-state index is 0.0112. The highest BCUT2D eigenvalue weighted by molar-refractivity contribution is 6.34. The van der Waals surface area contributed by atoms with Crippen molar-refractivity contribution in [2.45, 2.75) is 6.61 Å². The van der Waals surface area contributed by atoms with Gasteiger partial charge in [0.2, 0.25) is 5.89 Å². The van der Waals surface area contributed by atoms with Gasteiger partial charge >= 0.3 is 5.97 Å². The Balaban J connectivity index is 2.14. The molecule has 0 saturated heterocycles. The number of carbonyl (C=O) groups is 1. The first-order valence-corrected chi connectivity index (χ1v) is 4.88. The molecule has 84 valence electrons. The summed E-state index contributed by atoms with van der Waals surface area (Å²) < 4.78 is 10.2. The van der Waals surface area contributed by atoms with Gasteiger partial charge in [0.1, 0.15) is 18.7 Å². The highest BCUT2D eigenvalue weighted by atomic mass is 35.5. The third-order valence-corrected chi connectivity index (χ3v) is 2.16. The summed E-state index contributed by atoms with van der Waals surface area (Å²) in [5.74, 6) is -0.724. The van der Waals surface area contributed by atoms with Crippen LogP contribution in [0.2, 0.25) is 5.02 Å². The Morgan fingerprint density at radius 2 is 2.38 bits per heavy atom. The summed E-state index contributed by atoms with van der Waals surface area (Å²) in [6, 6.07) is 5.21. The van der Waals surface area contributed by atoms with Gasteiger partial charge in [-0.3, -0.25) is 0 Å². The largest absolute Gasteiger partial charge is 0.480 e. The molecular formula is C10H8ClNO4. The lowest BCUT2D eigenvalue weighted by Gasteiger charge is -1.95. The fourth-order valence-electron chi connectivity index (χ4n) is 1.25. The third kappa shape index (κ3) is 2.32. The molecule has 0 aliphatic rings. The number of hydrogen-bond acceptors (Lipinski definition) is 4. The molecular weight excluding hydrogens is 234 g/mol. The average Bonchev–Trinajstić information content (AvgIpc) is 2.61. The normalized spacial score (nSPS) is 10.8. The van der Waals surface area contributed by atoms with Crippen LogP contribution in [-0.4, -0.2) is 22.7 Å². The number of halogens is 1. The molecule has 0 amide bonds. The molecule has 0 bridgehead atoms. The van der Waals surface area contributed by atoms with Gasteiger partial charge in [0.05, 0.1) is 5.02 Å². The van der Waals surface area contributed by atoms with Crippen LogP contribution < -0.4 is 0 Å². The Hall–Kier alpha value is -1.59. The maximum Gasteiger partial charge on any atom is 0.329 e. The predicted molar refractivity (Wildman–Crippen MR) is 56.3 cm³/mol. The van der Waals surface area contributed by atoms with Crippen molar-refractivity contribution in [3.63, 3.8) is 0 Å². The second kappa shape index (κ2) is 4.51. The van der Waals surface area contributed by atoms with Gasteiger partial charge in [-0.25, -0.2) is 9.78 Å². The quantitative estimate of drug-likeness (QED) is 0.887. The van der Waals surface area contributed by atoms with Crippen LogP contribution in [0.1, 0.15) is 5.89 Å². The van der Waals surface area contributed by atoms with Crippen LogP contribution in [0.25, 0.3) is 11.1 Å². The number of aliphatic carboxylic acids is 1. The number of fused-ring (bicyclic) bond motifs is 1. The summed E-state index contributed by atoms with van der Waals surface area (Å²) >= 11 is 5.89. The molecule has 1 aromatic heterocycles. The van der Waals surface area contributed by atoms with Gasteiger partial charge in [-0.2, -0.15) is 0 Å². The van der Waals surface area contributed by atoms with Crippen molar-refractivity contribution in [1.82, 2.24) is 4.98 Å². The number of nitrogens with zero attached hydrogens (tertiary/aromatic N) is 1. The Labute approximate surface area is 95.6 Å². The van der Waals surface area contributed by atoms with E-state index in [2.05, 4.69) is 4.98 Å². The predicted octanol–water partition coefficient (Wildman–Crippen LogP) is 2.08. The van der Waals surface area contributed by atoms with E-state index in [-0.39, 0.29) is 13.2 Å². The monoisotopic (exact) mass is 241 g/mol. The highest BCUT2D eigenvalue weighted by Gasteiger charge is 2.09. The SMILES string of the molecule is O=C(O)COCc1nc2cccc(Cl)c2o1. The fraction of sp³-hybridized carbons (Fsp3) is 0.200. The minimum Gasteiger partial charge on any atom is -0.480 e. The van der Waals surface area contributed by atoms with Crippen LogP contribution in [-0.2, 0) is 16.1 Å². The second-order valence-corrected chi connectivity index (χ2v) is 3.49. The summed E-state index contributed by atoms with van der Waals surface area (Å²) in [7, 11) is 0. The zero-order chi connectivity index (χ0) is 11.5. The van der Waals surface area contributed by atoms with Gasteiger partial charge in [-0.05, 0) is 12.1 Å². The first kappa shape index (κ1) is 10.9. The van der Waals surface area contributed by atoms with Crippen molar-refractivity contribution in [2.24, 2.45) is 0 Å². The maximum absolute atomic E-state index is 10.2. The molecule has 0 spiro atoms. The van der Waals surface area contributed by atoms with Crippen molar-refractivity contribution < 1.29 is 19.1 Å². The second-order valence-electron chi connectivity index (χ2n) is 3.08. The van der Waals surface area contributed by atoms with Crippen LogP contribution >= 0.6 is 11.6 Å². The van der Waals surface area contributed by atoms with Crippen LogP contribution in [0.5, 0.6) is 0 Å². The zero-order valence-corrected chi connectivity index (χ0v) is 8.90. The number of rotatable bonds is 4. The number of carboxylic acid groups (broad SMARTS) is 1.